The van der Waals surface area contributed by atoms with E-state index in [1.54, 1.807) is 11.8 Å². The predicted molar refractivity (Wildman–Crippen MR) is 67.7 cm³/mol. The second-order valence-corrected chi connectivity index (χ2v) is 7.96. The molecule has 1 N–H and O–H groups in total. The van der Waals surface area contributed by atoms with Crippen LogP contribution in [-0.4, -0.2) is 50.5 Å². The first-order valence-corrected chi connectivity index (χ1v) is 7.88. The molecule has 0 aromatic rings. The number of hydrogen-bond donors (Lipinski definition) is 1. The number of rotatable bonds is 3. The molecule has 1 fully saturated rings. The van der Waals surface area contributed by atoms with Crippen molar-refractivity contribution in [2.45, 2.75) is 33.2 Å². The first-order chi connectivity index (χ1) is 7.59. The molecule has 1 saturated heterocycles. The van der Waals surface area contributed by atoms with Crippen molar-refractivity contribution in [3.05, 3.63) is 0 Å². The standard InChI is InChI=1S/C11H22N2O3S/c1-9(7-17(4,15)16)12-10(14)13-6-5-11(2,3)8-13/h9H,5-8H2,1-4H3,(H,12,14)/t9-/m1/s1. The zero-order valence-electron chi connectivity index (χ0n) is 11.0. The van der Waals surface area contributed by atoms with Crippen LogP contribution < -0.4 is 5.32 Å². The maximum Gasteiger partial charge on any atom is 0.317 e. The van der Waals surface area contributed by atoms with E-state index < -0.39 is 9.84 Å². The molecule has 1 heterocycles. The van der Waals surface area contributed by atoms with Crippen molar-refractivity contribution in [3.63, 3.8) is 0 Å². The van der Waals surface area contributed by atoms with E-state index >= 15 is 0 Å². The van der Waals surface area contributed by atoms with E-state index in [9.17, 15) is 13.2 Å². The molecule has 0 saturated carbocycles. The highest BCUT2D eigenvalue weighted by atomic mass is 32.2. The minimum Gasteiger partial charge on any atom is -0.335 e. The highest BCUT2D eigenvalue weighted by Gasteiger charge is 2.32. The van der Waals surface area contributed by atoms with Crippen molar-refractivity contribution in [3.8, 4) is 0 Å². The molecule has 5 nitrogen and oxygen atoms in total. The average Bonchev–Trinajstić information content (AvgIpc) is 2.42. The summed E-state index contributed by atoms with van der Waals surface area (Å²) in [7, 11) is -3.05. The maximum absolute atomic E-state index is 11.8. The Labute approximate surface area is 103 Å². The molecule has 0 aliphatic carbocycles. The van der Waals surface area contributed by atoms with Gasteiger partial charge in [-0.3, -0.25) is 0 Å². The Hall–Kier alpha value is -0.780. The summed E-state index contributed by atoms with van der Waals surface area (Å²) < 4.78 is 22.2. The largest absolute Gasteiger partial charge is 0.335 e. The maximum atomic E-state index is 11.8. The Kier molecular flexibility index (Phi) is 4.06. The van der Waals surface area contributed by atoms with Crippen molar-refractivity contribution < 1.29 is 13.2 Å². The lowest BCUT2D eigenvalue weighted by Crippen LogP contribution is -2.45. The zero-order chi connectivity index (χ0) is 13.3. The molecule has 1 aliphatic heterocycles. The number of nitrogens with one attached hydrogen (secondary N) is 1. The Morgan fingerprint density at radius 3 is 2.47 bits per heavy atom. The van der Waals surface area contributed by atoms with Crippen LogP contribution in [0.5, 0.6) is 0 Å². The van der Waals surface area contributed by atoms with Crippen LogP contribution in [0.3, 0.4) is 0 Å². The molecule has 0 spiro atoms. The van der Waals surface area contributed by atoms with Crippen molar-refractivity contribution >= 4 is 15.9 Å². The molecule has 0 aromatic carbocycles. The van der Waals surface area contributed by atoms with Gasteiger partial charge in [-0.25, -0.2) is 13.2 Å². The van der Waals surface area contributed by atoms with Crippen molar-refractivity contribution in [1.82, 2.24) is 10.2 Å². The van der Waals surface area contributed by atoms with Gasteiger partial charge in [0.15, 0.2) is 0 Å². The van der Waals surface area contributed by atoms with Crippen LogP contribution >= 0.6 is 0 Å². The number of sulfone groups is 1. The second kappa shape index (κ2) is 4.84. The summed E-state index contributed by atoms with van der Waals surface area (Å²) in [5.74, 6) is -0.0179. The Morgan fingerprint density at radius 1 is 1.47 bits per heavy atom. The third-order valence-corrected chi connectivity index (χ3v) is 3.99. The summed E-state index contributed by atoms with van der Waals surface area (Å²) in [5.41, 5.74) is 0.164. The van der Waals surface area contributed by atoms with Gasteiger partial charge >= 0.3 is 6.03 Å². The first kappa shape index (κ1) is 14.3. The van der Waals surface area contributed by atoms with E-state index in [4.69, 9.17) is 0 Å². The van der Waals surface area contributed by atoms with E-state index in [1.165, 1.54) is 6.26 Å². The lowest BCUT2D eigenvalue weighted by Gasteiger charge is -2.22. The summed E-state index contributed by atoms with van der Waals surface area (Å²) in [5, 5.41) is 2.72. The van der Waals surface area contributed by atoms with Crippen molar-refractivity contribution in [2.75, 3.05) is 25.1 Å². The molecule has 100 valence electrons. The van der Waals surface area contributed by atoms with Gasteiger partial charge in [0.25, 0.3) is 0 Å². The van der Waals surface area contributed by atoms with Gasteiger partial charge in [0, 0.05) is 25.4 Å². The summed E-state index contributed by atoms with van der Waals surface area (Å²) in [4.78, 5) is 13.6. The minimum absolute atomic E-state index is 0.0179. The Balaban J connectivity index is 2.45. The molecule has 0 bridgehead atoms. The molecule has 0 aromatic heterocycles. The monoisotopic (exact) mass is 262 g/mol. The fourth-order valence-electron chi connectivity index (χ4n) is 2.08. The molecule has 0 unspecified atom stereocenters. The fourth-order valence-corrected chi connectivity index (χ4v) is 3.08. The van der Waals surface area contributed by atoms with E-state index in [1.807, 2.05) is 0 Å². The van der Waals surface area contributed by atoms with Crippen molar-refractivity contribution in [2.24, 2.45) is 5.41 Å². The lowest BCUT2D eigenvalue weighted by atomic mass is 9.93. The topological polar surface area (TPSA) is 66.5 Å². The van der Waals surface area contributed by atoms with Gasteiger partial charge < -0.3 is 10.2 Å². The van der Waals surface area contributed by atoms with Gasteiger partial charge in [0.2, 0.25) is 0 Å². The third-order valence-electron chi connectivity index (χ3n) is 2.89. The third kappa shape index (κ3) is 4.93. The number of nitrogens with zero attached hydrogens (tertiary/aromatic N) is 1. The van der Waals surface area contributed by atoms with Crippen LogP contribution in [0.4, 0.5) is 4.79 Å². The van der Waals surface area contributed by atoms with E-state index in [0.717, 1.165) is 19.5 Å². The zero-order valence-corrected chi connectivity index (χ0v) is 11.8. The van der Waals surface area contributed by atoms with Crippen LogP contribution in [0.2, 0.25) is 0 Å². The van der Waals surface area contributed by atoms with Gasteiger partial charge in [0.05, 0.1) is 5.75 Å². The molecule has 6 heteroatoms. The van der Waals surface area contributed by atoms with Gasteiger partial charge in [-0.2, -0.15) is 0 Å². The van der Waals surface area contributed by atoms with Gasteiger partial charge in [-0.15, -0.1) is 0 Å². The fraction of sp³-hybridized carbons (Fsp3) is 0.909. The molecule has 1 atom stereocenters. The lowest BCUT2D eigenvalue weighted by molar-refractivity contribution is 0.201. The quantitative estimate of drug-likeness (QED) is 0.820. The molecule has 1 aliphatic rings. The summed E-state index contributed by atoms with van der Waals surface area (Å²) in [6, 6.07) is -0.507. The Morgan fingerprint density at radius 2 is 2.06 bits per heavy atom. The summed E-state index contributed by atoms with van der Waals surface area (Å²) in [6.45, 7) is 7.43. The SMILES string of the molecule is C[C@H](CS(C)(=O)=O)NC(=O)N1CCC(C)(C)C1. The number of urea groups is 1. The summed E-state index contributed by atoms with van der Waals surface area (Å²) in [6.07, 6.45) is 2.16. The van der Waals surface area contributed by atoms with Gasteiger partial charge in [-0.1, -0.05) is 13.8 Å². The Bertz CT molecular complexity index is 390. The highest BCUT2D eigenvalue weighted by Crippen LogP contribution is 2.28. The second-order valence-electron chi connectivity index (χ2n) is 5.78. The number of carbonyl (C=O) groups excluding carboxylic acids is 1. The number of carbonyl (C=O) groups is 1. The van der Waals surface area contributed by atoms with Crippen LogP contribution in [0.1, 0.15) is 27.2 Å². The van der Waals surface area contributed by atoms with E-state index in [2.05, 4.69) is 19.2 Å². The van der Waals surface area contributed by atoms with Crippen LogP contribution in [0.15, 0.2) is 0 Å². The normalized spacial score (nSPS) is 21.3. The van der Waals surface area contributed by atoms with Crippen LogP contribution in [0.25, 0.3) is 0 Å². The smallest absolute Gasteiger partial charge is 0.317 e. The number of likely N-dealkylation sites (tertiary alicyclic amines) is 1. The molecular formula is C11H22N2O3S. The van der Waals surface area contributed by atoms with Crippen LogP contribution in [0, 0.1) is 5.41 Å². The summed E-state index contributed by atoms with van der Waals surface area (Å²) >= 11 is 0. The molecule has 2 amide bonds. The molecule has 17 heavy (non-hydrogen) atoms. The molecule has 0 radical (unpaired) electrons. The average molecular weight is 262 g/mol. The van der Waals surface area contributed by atoms with E-state index in [0.29, 0.717) is 0 Å². The van der Waals surface area contributed by atoms with Crippen molar-refractivity contribution in [1.29, 1.82) is 0 Å². The highest BCUT2D eigenvalue weighted by molar-refractivity contribution is 7.90. The number of hydrogen-bond acceptors (Lipinski definition) is 3. The predicted octanol–water partition coefficient (Wildman–Crippen LogP) is 0.861. The molecule has 1 rings (SSSR count). The van der Waals surface area contributed by atoms with Gasteiger partial charge in [-0.05, 0) is 18.8 Å². The van der Waals surface area contributed by atoms with Gasteiger partial charge in [0.1, 0.15) is 9.84 Å². The molecular weight excluding hydrogens is 240 g/mol. The minimum atomic E-state index is -3.05. The van der Waals surface area contributed by atoms with E-state index in [-0.39, 0.29) is 23.2 Å². The van der Waals surface area contributed by atoms with Crippen LogP contribution in [-0.2, 0) is 9.84 Å². The first-order valence-electron chi connectivity index (χ1n) is 5.82. The number of amides is 2.